The number of halogens is 1. The summed E-state index contributed by atoms with van der Waals surface area (Å²) in [5.74, 6) is 0.0637. The van der Waals surface area contributed by atoms with Crippen molar-refractivity contribution in [2.45, 2.75) is 13.8 Å². The van der Waals surface area contributed by atoms with Gasteiger partial charge in [0.1, 0.15) is 0 Å². The maximum absolute atomic E-state index is 12.1. The lowest BCUT2D eigenvalue weighted by Crippen LogP contribution is -2.15. The van der Waals surface area contributed by atoms with Gasteiger partial charge in [-0.2, -0.15) is 0 Å². The topological polar surface area (TPSA) is 80.9 Å². The third-order valence-corrected chi connectivity index (χ3v) is 2.93. The van der Waals surface area contributed by atoms with Gasteiger partial charge in [0.2, 0.25) is 0 Å². The van der Waals surface area contributed by atoms with Gasteiger partial charge in [-0.1, -0.05) is 17.7 Å². The van der Waals surface area contributed by atoms with Crippen LogP contribution in [0.3, 0.4) is 0 Å². The number of carbonyl (C=O) groups excluding carboxylic acids is 1. The summed E-state index contributed by atoms with van der Waals surface area (Å²) in [5, 5.41) is 10.3. The first-order chi connectivity index (χ1) is 8.97. The molecule has 0 spiro atoms. The zero-order valence-electron chi connectivity index (χ0n) is 10.6. The van der Waals surface area contributed by atoms with Crippen molar-refractivity contribution in [1.29, 1.82) is 0 Å². The number of carbonyl (C=O) groups is 1. The lowest BCUT2D eigenvalue weighted by Gasteiger charge is -2.09. The van der Waals surface area contributed by atoms with Crippen LogP contribution in [0.15, 0.2) is 24.3 Å². The summed E-state index contributed by atoms with van der Waals surface area (Å²) in [4.78, 5) is 12.1. The van der Waals surface area contributed by atoms with Crippen LogP contribution in [0.1, 0.15) is 21.5 Å². The second-order valence-corrected chi connectivity index (χ2v) is 4.61. The molecular weight excluding hydrogens is 264 g/mol. The fourth-order valence-electron chi connectivity index (χ4n) is 1.68. The molecule has 1 aromatic heterocycles. The maximum Gasteiger partial charge on any atom is 0.257 e. The lowest BCUT2D eigenvalue weighted by atomic mass is 10.0. The van der Waals surface area contributed by atoms with Crippen LogP contribution < -0.4 is 11.1 Å². The number of nitrogens with two attached hydrogens (primary N) is 1. The van der Waals surface area contributed by atoms with Gasteiger partial charge in [0, 0.05) is 11.3 Å². The normalized spacial score (nSPS) is 10.3. The Bertz CT molecular complexity index is 625. The Morgan fingerprint density at radius 3 is 2.58 bits per heavy atom. The van der Waals surface area contributed by atoms with Crippen molar-refractivity contribution >= 4 is 29.0 Å². The summed E-state index contributed by atoms with van der Waals surface area (Å²) in [6, 6.07) is 6.67. The minimum absolute atomic E-state index is 0.272. The molecule has 0 saturated heterocycles. The van der Waals surface area contributed by atoms with Gasteiger partial charge in [0.15, 0.2) is 11.0 Å². The van der Waals surface area contributed by atoms with Crippen molar-refractivity contribution in [3.05, 3.63) is 46.1 Å². The number of amides is 1. The van der Waals surface area contributed by atoms with Gasteiger partial charge in [-0.3, -0.25) is 4.79 Å². The molecular formula is C13H13ClN4O. The van der Waals surface area contributed by atoms with E-state index in [9.17, 15) is 4.79 Å². The number of hydrogen-bond donors (Lipinski definition) is 2. The first kappa shape index (κ1) is 13.3. The molecule has 0 aliphatic rings. The van der Waals surface area contributed by atoms with Gasteiger partial charge in [0.25, 0.3) is 5.91 Å². The van der Waals surface area contributed by atoms with Crippen molar-refractivity contribution in [2.75, 3.05) is 11.1 Å². The van der Waals surface area contributed by atoms with Gasteiger partial charge in [-0.15, -0.1) is 10.2 Å². The Balaban J connectivity index is 2.25. The van der Waals surface area contributed by atoms with Crippen LogP contribution in [0, 0.1) is 13.8 Å². The fraction of sp³-hybridized carbons (Fsp3) is 0.154. The molecule has 1 heterocycles. The summed E-state index contributed by atoms with van der Waals surface area (Å²) < 4.78 is 0. The van der Waals surface area contributed by atoms with Gasteiger partial charge in [0.05, 0.1) is 0 Å². The molecule has 2 rings (SSSR count). The van der Waals surface area contributed by atoms with Crippen LogP contribution in [0.25, 0.3) is 0 Å². The second-order valence-electron chi connectivity index (χ2n) is 4.22. The van der Waals surface area contributed by atoms with Crippen molar-refractivity contribution in [3.63, 3.8) is 0 Å². The molecule has 6 heteroatoms. The summed E-state index contributed by atoms with van der Waals surface area (Å²) in [7, 11) is 0. The molecule has 98 valence electrons. The predicted molar refractivity (Wildman–Crippen MR) is 75.3 cm³/mol. The Labute approximate surface area is 115 Å². The van der Waals surface area contributed by atoms with Crippen LogP contribution in [0.2, 0.25) is 5.15 Å². The van der Waals surface area contributed by atoms with E-state index in [1.807, 2.05) is 19.9 Å². The average Bonchev–Trinajstić information content (AvgIpc) is 2.36. The summed E-state index contributed by atoms with van der Waals surface area (Å²) >= 11 is 5.63. The van der Waals surface area contributed by atoms with E-state index in [-0.39, 0.29) is 11.1 Å². The largest absolute Gasteiger partial charge is 0.398 e. The molecule has 1 amide bonds. The van der Waals surface area contributed by atoms with Crippen molar-refractivity contribution < 1.29 is 4.79 Å². The molecule has 2 aromatic rings. The van der Waals surface area contributed by atoms with Crippen LogP contribution in [0.4, 0.5) is 11.5 Å². The van der Waals surface area contributed by atoms with Crippen LogP contribution in [0.5, 0.6) is 0 Å². The molecule has 3 N–H and O–H groups in total. The third kappa shape index (κ3) is 3.00. The quantitative estimate of drug-likeness (QED) is 0.826. The van der Waals surface area contributed by atoms with E-state index in [0.717, 1.165) is 11.1 Å². The number of benzene rings is 1. The molecule has 0 radical (unpaired) electrons. The highest BCUT2D eigenvalue weighted by atomic mass is 35.5. The molecule has 0 unspecified atom stereocenters. The zero-order valence-corrected chi connectivity index (χ0v) is 11.3. The molecule has 0 aliphatic carbocycles. The Morgan fingerprint density at radius 2 is 1.95 bits per heavy atom. The SMILES string of the molecule is Cc1cc(C)c(C(=O)Nc2ccc(Cl)nn2)cc1N. The van der Waals surface area contributed by atoms with Crippen molar-refractivity contribution in [3.8, 4) is 0 Å². The number of aryl methyl sites for hydroxylation is 2. The average molecular weight is 277 g/mol. The first-order valence-corrected chi connectivity index (χ1v) is 6.02. The highest BCUT2D eigenvalue weighted by Crippen LogP contribution is 2.19. The molecule has 5 nitrogen and oxygen atoms in total. The van der Waals surface area contributed by atoms with Gasteiger partial charge in [-0.25, -0.2) is 0 Å². The number of nitrogens with one attached hydrogen (secondary N) is 1. The van der Waals surface area contributed by atoms with E-state index in [2.05, 4.69) is 15.5 Å². The molecule has 0 saturated carbocycles. The molecule has 19 heavy (non-hydrogen) atoms. The van der Waals surface area contributed by atoms with Gasteiger partial charge >= 0.3 is 0 Å². The smallest absolute Gasteiger partial charge is 0.257 e. The van der Waals surface area contributed by atoms with Crippen LogP contribution in [-0.4, -0.2) is 16.1 Å². The fourth-order valence-corrected chi connectivity index (χ4v) is 1.78. The second kappa shape index (κ2) is 5.24. The summed E-state index contributed by atoms with van der Waals surface area (Å²) in [6.07, 6.45) is 0. The summed E-state index contributed by atoms with van der Waals surface area (Å²) in [6.45, 7) is 3.75. The number of hydrogen-bond acceptors (Lipinski definition) is 4. The maximum atomic E-state index is 12.1. The van der Waals surface area contributed by atoms with E-state index in [1.54, 1.807) is 18.2 Å². The lowest BCUT2D eigenvalue weighted by molar-refractivity contribution is 0.102. The molecule has 0 fully saturated rings. The van der Waals surface area contributed by atoms with Gasteiger partial charge < -0.3 is 11.1 Å². The Hall–Kier alpha value is -2.14. The third-order valence-electron chi connectivity index (χ3n) is 2.73. The van der Waals surface area contributed by atoms with Crippen molar-refractivity contribution in [2.24, 2.45) is 0 Å². The number of rotatable bonds is 2. The number of aromatic nitrogens is 2. The van der Waals surface area contributed by atoms with Crippen molar-refractivity contribution in [1.82, 2.24) is 10.2 Å². The minimum atomic E-state index is -0.277. The number of anilines is 2. The minimum Gasteiger partial charge on any atom is -0.398 e. The van der Waals surface area contributed by atoms with E-state index in [1.165, 1.54) is 0 Å². The molecule has 0 bridgehead atoms. The molecule has 1 aromatic carbocycles. The van der Waals surface area contributed by atoms with Crippen LogP contribution >= 0.6 is 11.6 Å². The summed E-state index contributed by atoms with van der Waals surface area (Å²) in [5.41, 5.74) is 8.71. The number of nitrogens with zero attached hydrogens (tertiary/aromatic N) is 2. The molecule has 0 aliphatic heterocycles. The Morgan fingerprint density at radius 1 is 1.21 bits per heavy atom. The Kier molecular flexibility index (Phi) is 3.66. The highest BCUT2D eigenvalue weighted by molar-refractivity contribution is 6.29. The monoisotopic (exact) mass is 276 g/mol. The standard InChI is InChI=1S/C13H13ClN4O/c1-7-5-8(2)10(15)6-9(7)13(19)16-12-4-3-11(14)17-18-12/h3-6H,15H2,1-2H3,(H,16,18,19). The highest BCUT2D eigenvalue weighted by Gasteiger charge is 2.12. The first-order valence-electron chi connectivity index (χ1n) is 5.64. The van der Waals surface area contributed by atoms with E-state index in [0.29, 0.717) is 17.1 Å². The van der Waals surface area contributed by atoms with E-state index >= 15 is 0 Å². The van der Waals surface area contributed by atoms with E-state index in [4.69, 9.17) is 17.3 Å². The zero-order chi connectivity index (χ0) is 14.0. The molecule has 0 atom stereocenters. The van der Waals surface area contributed by atoms with Gasteiger partial charge in [-0.05, 0) is 43.2 Å². The van der Waals surface area contributed by atoms with E-state index < -0.39 is 0 Å². The predicted octanol–water partition coefficient (Wildman–Crippen LogP) is 2.58. The number of nitrogen functional groups attached to an aromatic ring is 1. The van der Waals surface area contributed by atoms with Crippen LogP contribution in [-0.2, 0) is 0 Å².